The van der Waals surface area contributed by atoms with Crippen LogP contribution in [0.5, 0.6) is 0 Å². The van der Waals surface area contributed by atoms with E-state index in [0.29, 0.717) is 10.7 Å². The maximum Gasteiger partial charge on any atom is 0.326 e. The Balaban J connectivity index is 1.67. The molecule has 0 radical (unpaired) electrons. The van der Waals surface area contributed by atoms with Gasteiger partial charge in [-0.25, -0.2) is 9.78 Å². The fraction of sp³-hybridized carbons (Fsp3) is 0.150. The number of aromatic nitrogens is 1. The number of hydrogen-bond donors (Lipinski definition) is 2. The number of rotatable bonds is 6. The Kier molecular flexibility index (Phi) is 5.49. The Bertz CT molecular complexity index is 941. The molecule has 1 amide bonds. The van der Waals surface area contributed by atoms with Crippen LogP contribution in [0, 0.1) is 0 Å². The minimum atomic E-state index is -1.09. The first kappa shape index (κ1) is 17.9. The summed E-state index contributed by atoms with van der Waals surface area (Å²) < 4.78 is 0. The van der Waals surface area contributed by atoms with Gasteiger partial charge in [-0.15, -0.1) is 0 Å². The molecule has 2 aromatic carbocycles. The molecule has 0 aliphatic rings. The predicted molar refractivity (Wildman–Crippen MR) is 100 cm³/mol. The second kappa shape index (κ2) is 7.97. The Morgan fingerprint density at radius 2 is 1.77 bits per heavy atom. The maximum atomic E-state index is 12.3. The van der Waals surface area contributed by atoms with E-state index in [1.807, 2.05) is 42.5 Å². The lowest BCUT2D eigenvalue weighted by molar-refractivity contribution is -0.141. The van der Waals surface area contributed by atoms with Crippen molar-refractivity contribution in [3.63, 3.8) is 0 Å². The molecule has 0 unspecified atom stereocenters. The van der Waals surface area contributed by atoms with Crippen LogP contribution >= 0.6 is 11.6 Å². The summed E-state index contributed by atoms with van der Waals surface area (Å²) in [5, 5.41) is 14.4. The molecule has 0 saturated heterocycles. The van der Waals surface area contributed by atoms with Gasteiger partial charge in [0, 0.05) is 12.6 Å². The second-order valence-electron chi connectivity index (χ2n) is 6.01. The van der Waals surface area contributed by atoms with Crippen molar-refractivity contribution in [1.82, 2.24) is 10.3 Å². The predicted octanol–water partition coefficient (Wildman–Crippen LogP) is 3.24. The summed E-state index contributed by atoms with van der Waals surface area (Å²) in [4.78, 5) is 27.7. The van der Waals surface area contributed by atoms with E-state index in [9.17, 15) is 14.7 Å². The van der Waals surface area contributed by atoms with Crippen LogP contribution in [0.4, 0.5) is 0 Å². The number of amides is 1. The number of carboxylic acids is 1. The summed E-state index contributed by atoms with van der Waals surface area (Å²) in [6.07, 6.45) is 1.77. The summed E-state index contributed by atoms with van der Waals surface area (Å²) in [5.74, 6) is -1.43. The van der Waals surface area contributed by atoms with Gasteiger partial charge >= 0.3 is 5.97 Å². The van der Waals surface area contributed by atoms with E-state index >= 15 is 0 Å². The molecule has 3 aromatic rings. The molecule has 0 fully saturated rings. The van der Waals surface area contributed by atoms with E-state index in [-0.39, 0.29) is 18.7 Å². The monoisotopic (exact) mass is 368 g/mol. The highest BCUT2D eigenvalue weighted by atomic mass is 35.5. The molecule has 0 spiro atoms. The molecule has 6 heteroatoms. The zero-order valence-electron chi connectivity index (χ0n) is 13.9. The van der Waals surface area contributed by atoms with Crippen LogP contribution in [0.15, 0.2) is 60.8 Å². The number of nitrogens with one attached hydrogen (secondary N) is 1. The molecule has 132 valence electrons. The van der Waals surface area contributed by atoms with Crippen LogP contribution in [-0.4, -0.2) is 28.0 Å². The number of carboxylic acid groups (broad SMARTS) is 1. The van der Waals surface area contributed by atoms with Crippen molar-refractivity contribution in [2.45, 2.75) is 18.9 Å². The van der Waals surface area contributed by atoms with Crippen molar-refractivity contribution in [3.05, 3.63) is 77.1 Å². The van der Waals surface area contributed by atoms with E-state index in [4.69, 9.17) is 11.6 Å². The van der Waals surface area contributed by atoms with Gasteiger partial charge in [0.15, 0.2) is 0 Å². The summed E-state index contributed by atoms with van der Waals surface area (Å²) >= 11 is 5.73. The molecule has 1 atom stereocenters. The molecule has 5 nitrogen and oxygen atoms in total. The third-order valence-electron chi connectivity index (χ3n) is 4.04. The van der Waals surface area contributed by atoms with Crippen LogP contribution in [0.1, 0.15) is 11.1 Å². The van der Waals surface area contributed by atoms with E-state index in [1.165, 1.54) is 6.20 Å². The number of benzene rings is 2. The molecule has 0 bridgehead atoms. The summed E-state index contributed by atoms with van der Waals surface area (Å²) in [7, 11) is 0. The molecule has 3 rings (SSSR count). The van der Waals surface area contributed by atoms with Gasteiger partial charge < -0.3 is 10.4 Å². The number of aliphatic carboxylic acids is 1. The van der Waals surface area contributed by atoms with E-state index in [1.54, 1.807) is 12.1 Å². The van der Waals surface area contributed by atoms with Crippen LogP contribution in [-0.2, 0) is 22.4 Å². The maximum absolute atomic E-state index is 12.3. The molecule has 2 N–H and O–H groups in total. The number of fused-ring (bicyclic) bond motifs is 1. The minimum absolute atomic E-state index is 0.119. The standard InChI is InChI=1S/C20H17ClN2O3/c21-18-8-6-14(12-22-18)10-17(20(25)26)23-19(24)11-13-5-7-15-3-1-2-4-16(15)9-13/h1-9,12,17H,10-11H2,(H,23,24)(H,25,26)/t17-/m1/s1. The number of carbonyl (C=O) groups is 2. The highest BCUT2D eigenvalue weighted by molar-refractivity contribution is 6.29. The largest absolute Gasteiger partial charge is 0.480 e. The van der Waals surface area contributed by atoms with Crippen molar-refractivity contribution >= 4 is 34.2 Å². The second-order valence-corrected chi connectivity index (χ2v) is 6.40. The van der Waals surface area contributed by atoms with Crippen molar-refractivity contribution in [1.29, 1.82) is 0 Å². The topological polar surface area (TPSA) is 79.3 Å². The van der Waals surface area contributed by atoms with Crippen molar-refractivity contribution in [3.8, 4) is 0 Å². The number of pyridine rings is 1. The van der Waals surface area contributed by atoms with Gasteiger partial charge in [-0.1, -0.05) is 60.1 Å². The molecule has 0 saturated carbocycles. The molecule has 26 heavy (non-hydrogen) atoms. The smallest absolute Gasteiger partial charge is 0.326 e. The molecule has 1 heterocycles. The molecular formula is C20H17ClN2O3. The molecule has 0 aliphatic carbocycles. The quantitative estimate of drug-likeness (QED) is 0.654. The first-order valence-corrected chi connectivity index (χ1v) is 8.49. The Labute approximate surface area is 155 Å². The van der Waals surface area contributed by atoms with Crippen molar-refractivity contribution in [2.75, 3.05) is 0 Å². The fourth-order valence-electron chi connectivity index (χ4n) is 2.74. The Morgan fingerprint density at radius 3 is 2.46 bits per heavy atom. The van der Waals surface area contributed by atoms with Gasteiger partial charge in [-0.3, -0.25) is 4.79 Å². The van der Waals surface area contributed by atoms with Gasteiger partial charge in [0.05, 0.1) is 6.42 Å². The van der Waals surface area contributed by atoms with Gasteiger partial charge in [-0.05, 0) is 28.0 Å². The summed E-state index contributed by atoms with van der Waals surface area (Å²) in [5.41, 5.74) is 1.52. The first-order chi connectivity index (χ1) is 12.5. The van der Waals surface area contributed by atoms with Crippen LogP contribution < -0.4 is 5.32 Å². The van der Waals surface area contributed by atoms with Gasteiger partial charge in [0.2, 0.25) is 5.91 Å². The Hall–Kier alpha value is -2.92. The van der Waals surface area contributed by atoms with Crippen molar-refractivity contribution < 1.29 is 14.7 Å². The van der Waals surface area contributed by atoms with Crippen molar-refractivity contribution in [2.24, 2.45) is 0 Å². The van der Waals surface area contributed by atoms with Gasteiger partial charge in [0.25, 0.3) is 0 Å². The lowest BCUT2D eigenvalue weighted by Crippen LogP contribution is -2.43. The van der Waals surface area contributed by atoms with Crippen LogP contribution in [0.25, 0.3) is 10.8 Å². The highest BCUT2D eigenvalue weighted by Crippen LogP contribution is 2.16. The van der Waals surface area contributed by atoms with Crippen LogP contribution in [0.3, 0.4) is 0 Å². The summed E-state index contributed by atoms with van der Waals surface area (Å²) in [6.45, 7) is 0. The number of halogens is 1. The molecular weight excluding hydrogens is 352 g/mol. The third-order valence-corrected chi connectivity index (χ3v) is 4.26. The SMILES string of the molecule is O=C(Cc1ccc2ccccc2c1)N[C@H](Cc1ccc(Cl)nc1)C(=O)O. The molecule has 0 aliphatic heterocycles. The van der Waals surface area contributed by atoms with Gasteiger partial charge in [0.1, 0.15) is 11.2 Å². The van der Waals surface area contributed by atoms with E-state index in [2.05, 4.69) is 10.3 Å². The highest BCUT2D eigenvalue weighted by Gasteiger charge is 2.20. The lowest BCUT2D eigenvalue weighted by Gasteiger charge is -2.15. The number of nitrogens with zero attached hydrogens (tertiary/aromatic N) is 1. The average Bonchev–Trinajstić information content (AvgIpc) is 2.62. The first-order valence-electron chi connectivity index (χ1n) is 8.11. The number of hydrogen-bond acceptors (Lipinski definition) is 3. The zero-order chi connectivity index (χ0) is 18.5. The molecule has 1 aromatic heterocycles. The van der Waals surface area contributed by atoms with E-state index < -0.39 is 12.0 Å². The fourth-order valence-corrected chi connectivity index (χ4v) is 2.85. The zero-order valence-corrected chi connectivity index (χ0v) is 14.6. The number of carbonyl (C=O) groups excluding carboxylic acids is 1. The lowest BCUT2D eigenvalue weighted by atomic mass is 10.0. The Morgan fingerprint density at radius 1 is 1.04 bits per heavy atom. The van der Waals surface area contributed by atoms with E-state index in [0.717, 1.165) is 16.3 Å². The van der Waals surface area contributed by atoms with Crippen LogP contribution in [0.2, 0.25) is 5.15 Å². The third kappa shape index (κ3) is 4.58. The summed E-state index contributed by atoms with van der Waals surface area (Å²) in [6, 6.07) is 15.9. The minimum Gasteiger partial charge on any atom is -0.480 e. The normalized spacial score (nSPS) is 11.9. The van der Waals surface area contributed by atoms with Gasteiger partial charge in [-0.2, -0.15) is 0 Å². The average molecular weight is 369 g/mol.